The molecule has 1 heteroatoms. The minimum atomic E-state index is 0.198. The molecule has 0 heterocycles. The molecule has 0 aliphatic heterocycles. The van der Waals surface area contributed by atoms with E-state index in [0.29, 0.717) is 17.8 Å². The van der Waals surface area contributed by atoms with Crippen molar-refractivity contribution in [1.29, 1.82) is 0 Å². The molecule has 0 fully saturated rings. The molecule has 0 amide bonds. The van der Waals surface area contributed by atoms with Crippen molar-refractivity contribution >= 4 is 0 Å². The van der Waals surface area contributed by atoms with E-state index >= 15 is 0 Å². The Morgan fingerprint density at radius 1 is 1.22 bits per heavy atom. The predicted molar refractivity (Wildman–Crippen MR) is 77.5 cm³/mol. The summed E-state index contributed by atoms with van der Waals surface area (Å²) in [5, 5.41) is 0. The van der Waals surface area contributed by atoms with Crippen molar-refractivity contribution in [3.05, 3.63) is 28.8 Å². The van der Waals surface area contributed by atoms with Crippen LogP contribution in [0.15, 0.2) is 12.1 Å². The van der Waals surface area contributed by atoms with Crippen LogP contribution in [0.1, 0.15) is 57.2 Å². The number of hydrogen-bond donors (Lipinski definition) is 0. The molecule has 0 saturated heterocycles. The molecule has 0 radical (unpaired) electrons. The first-order valence-electron chi connectivity index (χ1n) is 6.99. The number of hydrogen-bond acceptors (Lipinski definition) is 1. The Hall–Kier alpha value is -0.980. The number of ether oxygens (including phenoxy) is 1. The van der Waals surface area contributed by atoms with Crippen LogP contribution in [0, 0.1) is 18.8 Å². The van der Waals surface area contributed by atoms with Crippen LogP contribution in [0.4, 0.5) is 0 Å². The largest absolute Gasteiger partial charge is 0.496 e. The quantitative estimate of drug-likeness (QED) is 0.736. The predicted octanol–water partition coefficient (Wildman–Crippen LogP) is 4.67. The second-order valence-corrected chi connectivity index (χ2v) is 6.71. The van der Waals surface area contributed by atoms with Crippen LogP contribution in [-0.2, 0) is 5.41 Å². The molecule has 2 atom stereocenters. The Labute approximate surface area is 112 Å². The van der Waals surface area contributed by atoms with Gasteiger partial charge in [0.1, 0.15) is 5.75 Å². The van der Waals surface area contributed by atoms with Gasteiger partial charge in [0, 0.05) is 5.56 Å². The maximum atomic E-state index is 5.65. The highest BCUT2D eigenvalue weighted by atomic mass is 16.5. The molecule has 100 valence electrons. The van der Waals surface area contributed by atoms with E-state index in [1.807, 2.05) is 0 Å². The summed E-state index contributed by atoms with van der Waals surface area (Å²) in [4.78, 5) is 0. The van der Waals surface area contributed by atoms with Crippen molar-refractivity contribution in [3.8, 4) is 5.75 Å². The summed E-state index contributed by atoms with van der Waals surface area (Å²) >= 11 is 0. The SMILES string of the molecule is COc1cc(C)cc2c1C(C)(C)C(C)C2C(C)C. The van der Waals surface area contributed by atoms with Crippen LogP contribution < -0.4 is 4.74 Å². The second kappa shape index (κ2) is 4.29. The summed E-state index contributed by atoms with van der Waals surface area (Å²) in [7, 11) is 1.79. The molecule has 2 unspecified atom stereocenters. The molecule has 1 nitrogen and oxygen atoms in total. The summed E-state index contributed by atoms with van der Waals surface area (Å²) < 4.78 is 5.65. The molecule has 1 aliphatic rings. The Morgan fingerprint density at radius 2 is 1.83 bits per heavy atom. The Morgan fingerprint density at radius 3 is 2.33 bits per heavy atom. The third kappa shape index (κ3) is 1.75. The van der Waals surface area contributed by atoms with Gasteiger partial charge in [-0.15, -0.1) is 0 Å². The molecule has 0 spiro atoms. The highest BCUT2D eigenvalue weighted by Crippen LogP contribution is 2.56. The van der Waals surface area contributed by atoms with Gasteiger partial charge in [0.05, 0.1) is 7.11 Å². The Balaban J connectivity index is 2.71. The van der Waals surface area contributed by atoms with E-state index in [-0.39, 0.29) is 5.41 Å². The van der Waals surface area contributed by atoms with E-state index in [9.17, 15) is 0 Å². The van der Waals surface area contributed by atoms with E-state index in [1.54, 1.807) is 7.11 Å². The van der Waals surface area contributed by atoms with Crippen LogP contribution in [-0.4, -0.2) is 7.11 Å². The van der Waals surface area contributed by atoms with Crippen molar-refractivity contribution in [1.82, 2.24) is 0 Å². The van der Waals surface area contributed by atoms with Gasteiger partial charge in [-0.2, -0.15) is 0 Å². The monoisotopic (exact) mass is 246 g/mol. The van der Waals surface area contributed by atoms with Crippen molar-refractivity contribution in [2.24, 2.45) is 11.8 Å². The van der Waals surface area contributed by atoms with Gasteiger partial charge in [-0.1, -0.05) is 40.7 Å². The van der Waals surface area contributed by atoms with Gasteiger partial charge in [0.15, 0.2) is 0 Å². The summed E-state index contributed by atoms with van der Waals surface area (Å²) in [6.45, 7) is 13.9. The molecule has 0 saturated carbocycles. The molecule has 1 aromatic rings. The lowest BCUT2D eigenvalue weighted by atomic mass is 9.74. The van der Waals surface area contributed by atoms with Crippen molar-refractivity contribution in [2.75, 3.05) is 7.11 Å². The normalized spacial score (nSPS) is 25.3. The fourth-order valence-electron chi connectivity index (χ4n) is 3.78. The molecule has 1 aliphatic carbocycles. The number of methoxy groups -OCH3 is 1. The minimum absolute atomic E-state index is 0.198. The molecule has 0 N–H and O–H groups in total. The first kappa shape index (κ1) is 13.5. The third-order valence-electron chi connectivity index (χ3n) is 4.90. The van der Waals surface area contributed by atoms with E-state index in [4.69, 9.17) is 4.74 Å². The lowest BCUT2D eigenvalue weighted by Gasteiger charge is -2.30. The van der Waals surface area contributed by atoms with Crippen molar-refractivity contribution < 1.29 is 4.74 Å². The molecule has 0 bridgehead atoms. The smallest absolute Gasteiger partial charge is 0.123 e. The van der Waals surface area contributed by atoms with E-state index in [0.717, 1.165) is 5.75 Å². The summed E-state index contributed by atoms with van der Waals surface area (Å²) in [6.07, 6.45) is 0. The van der Waals surface area contributed by atoms with Crippen LogP contribution in [0.25, 0.3) is 0 Å². The molecule has 0 aromatic heterocycles. The maximum Gasteiger partial charge on any atom is 0.123 e. The lowest BCUT2D eigenvalue weighted by Crippen LogP contribution is -2.25. The molecule has 1 aromatic carbocycles. The first-order chi connectivity index (χ1) is 8.30. The number of benzene rings is 1. The zero-order valence-electron chi connectivity index (χ0n) is 12.8. The molecule has 2 rings (SSSR count). The van der Waals surface area contributed by atoms with Crippen LogP contribution in [0.3, 0.4) is 0 Å². The van der Waals surface area contributed by atoms with E-state index in [2.05, 4.69) is 53.7 Å². The molecule has 18 heavy (non-hydrogen) atoms. The fraction of sp³-hybridized carbons (Fsp3) is 0.647. The van der Waals surface area contributed by atoms with Gasteiger partial charge in [-0.05, 0) is 47.3 Å². The summed E-state index contributed by atoms with van der Waals surface area (Å²) in [5.74, 6) is 3.05. The van der Waals surface area contributed by atoms with E-state index < -0.39 is 0 Å². The van der Waals surface area contributed by atoms with E-state index in [1.165, 1.54) is 16.7 Å². The second-order valence-electron chi connectivity index (χ2n) is 6.71. The van der Waals surface area contributed by atoms with Crippen LogP contribution in [0.2, 0.25) is 0 Å². The van der Waals surface area contributed by atoms with Crippen molar-refractivity contribution in [3.63, 3.8) is 0 Å². The molecular formula is C17H26O. The van der Waals surface area contributed by atoms with Gasteiger partial charge in [0.25, 0.3) is 0 Å². The average molecular weight is 246 g/mol. The number of aryl methyl sites for hydroxylation is 1. The first-order valence-corrected chi connectivity index (χ1v) is 6.99. The van der Waals surface area contributed by atoms with Gasteiger partial charge < -0.3 is 4.74 Å². The van der Waals surface area contributed by atoms with Crippen LogP contribution in [0.5, 0.6) is 5.75 Å². The zero-order valence-corrected chi connectivity index (χ0v) is 12.8. The summed E-state index contributed by atoms with van der Waals surface area (Å²) in [6, 6.07) is 4.55. The summed E-state index contributed by atoms with van der Waals surface area (Å²) in [5.41, 5.74) is 4.45. The minimum Gasteiger partial charge on any atom is -0.496 e. The average Bonchev–Trinajstić information content (AvgIpc) is 2.46. The Bertz CT molecular complexity index is 457. The van der Waals surface area contributed by atoms with Gasteiger partial charge in [0.2, 0.25) is 0 Å². The van der Waals surface area contributed by atoms with Crippen molar-refractivity contribution in [2.45, 2.75) is 52.9 Å². The van der Waals surface area contributed by atoms with Gasteiger partial charge in [-0.25, -0.2) is 0 Å². The lowest BCUT2D eigenvalue weighted by molar-refractivity contribution is 0.281. The third-order valence-corrected chi connectivity index (χ3v) is 4.90. The number of rotatable bonds is 2. The standard InChI is InChI=1S/C17H26O/c1-10(2)15-12(4)17(5,6)16-13(15)8-11(3)9-14(16)18-7/h8-10,12,15H,1-7H3. The highest BCUT2D eigenvalue weighted by Gasteiger charge is 2.46. The maximum absolute atomic E-state index is 5.65. The zero-order chi connectivity index (χ0) is 13.7. The fourth-order valence-corrected chi connectivity index (χ4v) is 3.78. The van der Waals surface area contributed by atoms with Crippen LogP contribution >= 0.6 is 0 Å². The van der Waals surface area contributed by atoms with Gasteiger partial charge >= 0.3 is 0 Å². The number of fused-ring (bicyclic) bond motifs is 1. The topological polar surface area (TPSA) is 9.23 Å². The van der Waals surface area contributed by atoms with Gasteiger partial charge in [-0.3, -0.25) is 0 Å². The molecular weight excluding hydrogens is 220 g/mol. The highest BCUT2D eigenvalue weighted by molar-refractivity contribution is 5.53. The Kier molecular flexibility index (Phi) is 3.21.